The molecule has 0 amide bonds. The summed E-state index contributed by atoms with van der Waals surface area (Å²) in [5.74, 6) is 1.49. The zero-order chi connectivity index (χ0) is 30.8. The summed E-state index contributed by atoms with van der Waals surface area (Å²) in [6, 6.07) is 18.8. The Labute approximate surface area is 255 Å². The maximum absolute atomic E-state index is 13.5. The van der Waals surface area contributed by atoms with E-state index in [0.717, 1.165) is 32.8 Å². The van der Waals surface area contributed by atoms with Crippen molar-refractivity contribution in [1.82, 2.24) is 4.90 Å². The van der Waals surface area contributed by atoms with E-state index in [1.807, 2.05) is 58.2 Å². The number of halogens is 1. The molecule has 1 N–H and O–H groups in total. The van der Waals surface area contributed by atoms with Crippen LogP contribution in [-0.2, 0) is 19.0 Å². The molecular formula is C33H38FNO7S. The van der Waals surface area contributed by atoms with E-state index in [9.17, 15) is 14.3 Å². The molecule has 0 saturated heterocycles. The van der Waals surface area contributed by atoms with Gasteiger partial charge >= 0.3 is 5.97 Å². The van der Waals surface area contributed by atoms with Gasteiger partial charge in [0.25, 0.3) is 0 Å². The molecular weight excluding hydrogens is 573 g/mol. The van der Waals surface area contributed by atoms with Crippen LogP contribution in [0.25, 0.3) is 20.5 Å². The van der Waals surface area contributed by atoms with Crippen molar-refractivity contribution < 1.29 is 38.0 Å². The number of thiophene rings is 1. The van der Waals surface area contributed by atoms with E-state index in [4.69, 9.17) is 23.7 Å². The van der Waals surface area contributed by atoms with Gasteiger partial charge in [0.15, 0.2) is 5.75 Å². The summed E-state index contributed by atoms with van der Waals surface area (Å²) in [6.07, 6.45) is 0. The minimum absolute atomic E-state index is 0.0850. The lowest BCUT2D eigenvalue weighted by Gasteiger charge is -2.19. The van der Waals surface area contributed by atoms with Crippen LogP contribution in [0, 0.1) is 5.82 Å². The average Bonchev–Trinajstić information content (AvgIpc) is 3.30. The first-order valence-corrected chi connectivity index (χ1v) is 14.9. The molecule has 0 bridgehead atoms. The Morgan fingerprint density at radius 2 is 1.56 bits per heavy atom. The highest BCUT2D eigenvalue weighted by atomic mass is 32.1. The van der Waals surface area contributed by atoms with Crippen LogP contribution in [-0.4, -0.2) is 74.7 Å². The fraction of sp³-hybridized carbons (Fsp3) is 0.364. The minimum atomic E-state index is -0.520. The fourth-order valence-corrected chi connectivity index (χ4v) is 5.24. The molecule has 4 rings (SSSR count). The molecule has 1 heterocycles. The third-order valence-electron chi connectivity index (χ3n) is 6.15. The van der Waals surface area contributed by atoms with Crippen molar-refractivity contribution in [3.63, 3.8) is 0 Å². The third kappa shape index (κ3) is 10.2. The molecule has 0 aliphatic heterocycles. The van der Waals surface area contributed by atoms with Gasteiger partial charge in [-0.25, -0.2) is 9.18 Å². The number of phenolic OH excluding ortho intramolecular Hbond substituents is 1. The fourth-order valence-electron chi connectivity index (χ4n) is 4.07. The lowest BCUT2D eigenvalue weighted by molar-refractivity contribution is -0.160. The van der Waals surface area contributed by atoms with E-state index < -0.39 is 5.60 Å². The van der Waals surface area contributed by atoms with E-state index >= 15 is 0 Å². The molecule has 43 heavy (non-hydrogen) atoms. The summed E-state index contributed by atoms with van der Waals surface area (Å²) in [5, 5.41) is 10.8. The predicted molar refractivity (Wildman–Crippen MR) is 166 cm³/mol. The zero-order valence-corrected chi connectivity index (χ0v) is 25.7. The molecule has 4 aromatic rings. The Morgan fingerprint density at radius 1 is 0.884 bits per heavy atom. The quantitative estimate of drug-likeness (QED) is 0.115. The van der Waals surface area contributed by atoms with Crippen LogP contribution in [0.2, 0.25) is 0 Å². The highest BCUT2D eigenvalue weighted by Crippen LogP contribution is 2.47. The highest BCUT2D eigenvalue weighted by molar-refractivity contribution is 7.22. The van der Waals surface area contributed by atoms with Gasteiger partial charge in [0, 0.05) is 23.2 Å². The van der Waals surface area contributed by atoms with E-state index in [1.165, 1.54) is 23.5 Å². The Balaban J connectivity index is 1.20. The Hall–Kier alpha value is -3.70. The second-order valence-electron chi connectivity index (χ2n) is 10.9. The molecule has 10 heteroatoms. The van der Waals surface area contributed by atoms with Gasteiger partial charge in [-0.3, -0.25) is 0 Å². The molecule has 0 aliphatic carbocycles. The van der Waals surface area contributed by atoms with Gasteiger partial charge in [-0.1, -0.05) is 12.1 Å². The standard InChI is InChI=1S/C33H38FNO7S/c1-33(2,3)42-30(37)22-39-20-19-38-17-15-35(4)16-18-40-26-10-12-27(13-11-26)41-31-28-14-9-25(36)21-29(28)43-32(31)23-5-7-24(34)8-6-23/h5-14,21,36H,15-20,22H2,1-4H3. The number of carbonyl (C=O) groups excluding carboxylic acids is 1. The summed E-state index contributed by atoms with van der Waals surface area (Å²) < 4.78 is 42.7. The third-order valence-corrected chi connectivity index (χ3v) is 7.33. The molecule has 1 aromatic heterocycles. The van der Waals surface area contributed by atoms with Gasteiger partial charge in [-0.2, -0.15) is 0 Å². The summed E-state index contributed by atoms with van der Waals surface area (Å²) in [4.78, 5) is 14.6. The predicted octanol–water partition coefficient (Wildman–Crippen LogP) is 6.89. The molecule has 0 atom stereocenters. The Bertz CT molecular complexity index is 1470. The van der Waals surface area contributed by atoms with E-state index in [2.05, 4.69) is 4.90 Å². The number of hydrogen-bond acceptors (Lipinski definition) is 9. The molecule has 0 spiro atoms. The molecule has 0 saturated carbocycles. The lowest BCUT2D eigenvalue weighted by Crippen LogP contribution is -2.28. The minimum Gasteiger partial charge on any atom is -0.508 e. The summed E-state index contributed by atoms with van der Waals surface area (Å²) >= 11 is 1.48. The van der Waals surface area contributed by atoms with E-state index in [0.29, 0.717) is 44.5 Å². The number of nitrogens with zero attached hydrogens (tertiary/aromatic N) is 1. The number of fused-ring (bicyclic) bond motifs is 1. The first-order chi connectivity index (χ1) is 20.6. The molecule has 0 fully saturated rings. The van der Waals surface area contributed by atoms with Gasteiger partial charge in [-0.05, 0) is 88.0 Å². The van der Waals surface area contributed by atoms with Crippen LogP contribution in [0.5, 0.6) is 23.0 Å². The summed E-state index contributed by atoms with van der Waals surface area (Å²) in [6.45, 7) is 8.57. The van der Waals surface area contributed by atoms with Gasteiger partial charge in [-0.15, -0.1) is 11.3 Å². The van der Waals surface area contributed by atoms with Crippen molar-refractivity contribution >= 4 is 27.4 Å². The SMILES string of the molecule is CN(CCOCCOCC(=O)OC(C)(C)C)CCOc1ccc(Oc2c(-c3ccc(F)cc3)sc3cc(O)ccc23)cc1. The first-order valence-electron chi connectivity index (χ1n) is 14.1. The molecule has 0 aliphatic rings. The van der Waals surface area contributed by atoms with Gasteiger partial charge < -0.3 is 33.7 Å². The van der Waals surface area contributed by atoms with Crippen LogP contribution in [0.15, 0.2) is 66.7 Å². The molecule has 230 valence electrons. The average molecular weight is 612 g/mol. The van der Waals surface area contributed by atoms with Crippen molar-refractivity contribution in [3.8, 4) is 33.4 Å². The van der Waals surface area contributed by atoms with Crippen LogP contribution in [0.4, 0.5) is 4.39 Å². The number of carbonyl (C=O) groups is 1. The number of likely N-dealkylation sites (N-methyl/N-ethyl adjacent to an activating group) is 1. The zero-order valence-electron chi connectivity index (χ0n) is 24.9. The summed E-state index contributed by atoms with van der Waals surface area (Å²) in [5.41, 5.74) is 0.311. The van der Waals surface area contributed by atoms with Crippen molar-refractivity contribution in [2.24, 2.45) is 0 Å². The number of hydrogen-bond donors (Lipinski definition) is 1. The molecule has 3 aromatic carbocycles. The second kappa shape index (κ2) is 15.2. The van der Waals surface area contributed by atoms with Crippen molar-refractivity contribution in [3.05, 3.63) is 72.5 Å². The maximum Gasteiger partial charge on any atom is 0.332 e. The van der Waals surface area contributed by atoms with Crippen LogP contribution < -0.4 is 9.47 Å². The van der Waals surface area contributed by atoms with Gasteiger partial charge in [0.05, 0.1) is 24.7 Å². The van der Waals surface area contributed by atoms with Crippen molar-refractivity contribution in [2.75, 3.05) is 53.2 Å². The monoisotopic (exact) mass is 611 g/mol. The van der Waals surface area contributed by atoms with Gasteiger partial charge in [0.2, 0.25) is 0 Å². The van der Waals surface area contributed by atoms with Crippen molar-refractivity contribution in [1.29, 1.82) is 0 Å². The van der Waals surface area contributed by atoms with E-state index in [1.54, 1.807) is 24.3 Å². The van der Waals surface area contributed by atoms with Crippen LogP contribution in [0.1, 0.15) is 20.8 Å². The van der Waals surface area contributed by atoms with Crippen molar-refractivity contribution in [2.45, 2.75) is 26.4 Å². The molecule has 0 unspecified atom stereocenters. The normalized spacial score (nSPS) is 11.7. The first kappa shape index (κ1) is 32.2. The largest absolute Gasteiger partial charge is 0.508 e. The number of benzene rings is 3. The van der Waals surface area contributed by atoms with Crippen LogP contribution in [0.3, 0.4) is 0 Å². The second-order valence-corrected chi connectivity index (χ2v) is 12.0. The Kier molecular flexibility index (Phi) is 11.4. The number of aromatic hydroxyl groups is 1. The molecule has 0 radical (unpaired) electrons. The number of phenols is 1. The Morgan fingerprint density at radius 3 is 2.28 bits per heavy atom. The van der Waals surface area contributed by atoms with Gasteiger partial charge in [0.1, 0.15) is 41.9 Å². The lowest BCUT2D eigenvalue weighted by atomic mass is 10.1. The van der Waals surface area contributed by atoms with E-state index in [-0.39, 0.29) is 24.1 Å². The summed E-state index contributed by atoms with van der Waals surface area (Å²) in [7, 11) is 1.99. The highest BCUT2D eigenvalue weighted by Gasteiger charge is 2.18. The number of esters is 1. The number of ether oxygens (including phenoxy) is 5. The smallest absolute Gasteiger partial charge is 0.332 e. The van der Waals surface area contributed by atoms with Crippen LogP contribution >= 0.6 is 11.3 Å². The number of rotatable bonds is 15. The molecule has 8 nitrogen and oxygen atoms in total. The maximum atomic E-state index is 13.5. The topological polar surface area (TPSA) is 86.7 Å².